The van der Waals surface area contributed by atoms with Crippen molar-refractivity contribution in [3.63, 3.8) is 0 Å². The third-order valence-electron chi connectivity index (χ3n) is 5.74. The molecule has 182 valence electrons. The van der Waals surface area contributed by atoms with Crippen LogP contribution in [0.1, 0.15) is 11.3 Å². The van der Waals surface area contributed by atoms with E-state index >= 15 is 0 Å². The molecule has 6 rings (SSSR count). The topological polar surface area (TPSA) is 93.6 Å². The molecule has 0 saturated carbocycles. The van der Waals surface area contributed by atoms with Crippen LogP contribution in [-0.4, -0.2) is 25.2 Å². The number of ether oxygens (including phenoxy) is 1. The molecule has 37 heavy (non-hydrogen) atoms. The van der Waals surface area contributed by atoms with Gasteiger partial charge in [0, 0.05) is 17.8 Å². The van der Waals surface area contributed by atoms with Crippen molar-refractivity contribution in [2.24, 2.45) is 0 Å². The molecule has 0 saturated heterocycles. The van der Waals surface area contributed by atoms with E-state index in [2.05, 4.69) is 25.2 Å². The lowest BCUT2D eigenvalue weighted by molar-refractivity contribution is -0.746. The van der Waals surface area contributed by atoms with Gasteiger partial charge < -0.3 is 14.2 Å². The Balaban J connectivity index is 1.15. The fourth-order valence-electron chi connectivity index (χ4n) is 3.86. The highest BCUT2D eigenvalue weighted by Gasteiger charge is 2.17. The van der Waals surface area contributed by atoms with Crippen molar-refractivity contribution < 1.29 is 22.7 Å². The largest absolute Gasteiger partial charge is 0.487 e. The number of aromatic nitrogens is 6. The maximum Gasteiger partial charge on any atom is 0.234 e. The molecule has 4 heterocycles. The normalized spacial score (nSPS) is 11.2. The average molecular weight is 497 g/mol. The quantitative estimate of drug-likeness (QED) is 0.317. The number of halogens is 2. The van der Waals surface area contributed by atoms with Gasteiger partial charge in [0.1, 0.15) is 41.1 Å². The summed E-state index contributed by atoms with van der Waals surface area (Å²) in [6, 6.07) is 17.4. The highest BCUT2D eigenvalue weighted by atomic mass is 19.2. The summed E-state index contributed by atoms with van der Waals surface area (Å²) in [5.74, 6) is -0.343. The molecule has 8 nitrogen and oxygen atoms in total. The summed E-state index contributed by atoms with van der Waals surface area (Å²) in [7, 11) is 0. The Morgan fingerprint density at radius 2 is 1.89 bits per heavy atom. The number of imidazole rings is 1. The number of nitrogens with zero attached hydrogens (tertiary/aromatic N) is 5. The van der Waals surface area contributed by atoms with Crippen LogP contribution in [0.2, 0.25) is 0 Å². The second-order valence-electron chi connectivity index (χ2n) is 8.31. The molecule has 0 fully saturated rings. The fraction of sp³-hybridized carbons (Fsp3) is 0.0741. The predicted molar refractivity (Wildman–Crippen MR) is 129 cm³/mol. The van der Waals surface area contributed by atoms with Crippen molar-refractivity contribution in [1.29, 1.82) is 0 Å². The molecule has 6 aromatic rings. The molecule has 10 heteroatoms. The predicted octanol–water partition coefficient (Wildman–Crippen LogP) is 4.87. The number of nitrogens with one attached hydrogen (secondary N) is 1. The lowest BCUT2D eigenvalue weighted by Crippen LogP contribution is -2.37. The van der Waals surface area contributed by atoms with Gasteiger partial charge in [0.2, 0.25) is 18.5 Å². The number of hydrogen-bond donors (Lipinski definition) is 1. The van der Waals surface area contributed by atoms with Gasteiger partial charge in [-0.1, -0.05) is 40.2 Å². The Bertz CT molecular complexity index is 1680. The van der Waals surface area contributed by atoms with Crippen molar-refractivity contribution in [2.75, 3.05) is 0 Å². The van der Waals surface area contributed by atoms with E-state index in [0.717, 1.165) is 17.2 Å². The fourth-order valence-corrected chi connectivity index (χ4v) is 3.86. The van der Waals surface area contributed by atoms with Crippen LogP contribution in [0.4, 0.5) is 8.78 Å². The summed E-state index contributed by atoms with van der Waals surface area (Å²) in [6.07, 6.45) is 6.65. The van der Waals surface area contributed by atoms with E-state index in [1.54, 1.807) is 29.5 Å². The zero-order valence-electron chi connectivity index (χ0n) is 19.3. The van der Waals surface area contributed by atoms with Gasteiger partial charge in [0.25, 0.3) is 0 Å². The van der Waals surface area contributed by atoms with Gasteiger partial charge in [-0.2, -0.15) is 0 Å². The first-order chi connectivity index (χ1) is 18.1. The first-order valence-electron chi connectivity index (χ1n) is 11.4. The monoisotopic (exact) mass is 497 g/mol. The molecule has 4 aromatic heterocycles. The van der Waals surface area contributed by atoms with Crippen LogP contribution >= 0.6 is 0 Å². The standard InChI is InChI=1S/C27H18F2N6O2/c28-22-5-1-4-21(26(22)29)27-32-24-13-31-35(15-25(24)33-27)14-20-11-23(34-37-20)18-8-6-17(7-9-18)16-36-19-3-2-10-30-12-19/h1-13,15H,14,16H2/p+1. The van der Waals surface area contributed by atoms with Crippen molar-refractivity contribution >= 4 is 11.0 Å². The van der Waals surface area contributed by atoms with Gasteiger partial charge in [-0.25, -0.2) is 13.8 Å². The number of rotatable bonds is 7. The van der Waals surface area contributed by atoms with Crippen molar-refractivity contribution in [3.05, 3.63) is 108 Å². The van der Waals surface area contributed by atoms with E-state index in [1.807, 2.05) is 42.5 Å². The van der Waals surface area contributed by atoms with E-state index in [4.69, 9.17) is 9.26 Å². The van der Waals surface area contributed by atoms with Gasteiger partial charge >= 0.3 is 0 Å². The molecule has 0 amide bonds. The van der Waals surface area contributed by atoms with Crippen LogP contribution in [-0.2, 0) is 13.2 Å². The van der Waals surface area contributed by atoms with Crippen LogP contribution in [0.5, 0.6) is 5.75 Å². The summed E-state index contributed by atoms with van der Waals surface area (Å²) in [6.45, 7) is 0.755. The Labute approximate surface area is 209 Å². The zero-order valence-corrected chi connectivity index (χ0v) is 19.3. The first-order valence-corrected chi connectivity index (χ1v) is 11.4. The van der Waals surface area contributed by atoms with Crippen LogP contribution in [0.3, 0.4) is 0 Å². The maximum atomic E-state index is 14.2. The van der Waals surface area contributed by atoms with Crippen molar-refractivity contribution in [1.82, 2.24) is 25.2 Å². The molecule has 0 unspecified atom stereocenters. The second-order valence-corrected chi connectivity index (χ2v) is 8.31. The molecule has 1 N–H and O–H groups in total. The minimum atomic E-state index is -0.953. The summed E-state index contributed by atoms with van der Waals surface area (Å²) in [5.41, 5.74) is 3.82. The van der Waals surface area contributed by atoms with E-state index in [-0.39, 0.29) is 11.4 Å². The summed E-state index contributed by atoms with van der Waals surface area (Å²) >= 11 is 0. The molecule has 0 aliphatic heterocycles. The van der Waals surface area contributed by atoms with Gasteiger partial charge in [-0.3, -0.25) is 4.98 Å². The summed E-state index contributed by atoms with van der Waals surface area (Å²) < 4.78 is 40.7. The number of pyridine rings is 1. The first kappa shape index (κ1) is 22.5. The van der Waals surface area contributed by atoms with Gasteiger partial charge in [0.05, 0.1) is 11.8 Å². The highest BCUT2D eigenvalue weighted by molar-refractivity contribution is 5.77. The number of aromatic amines is 1. The zero-order chi connectivity index (χ0) is 25.2. The third kappa shape index (κ3) is 4.76. The molecule has 0 atom stereocenters. The van der Waals surface area contributed by atoms with E-state index in [1.165, 1.54) is 12.1 Å². The molecule has 0 aliphatic carbocycles. The molecular formula is C27H19F2N6O2+. The maximum absolute atomic E-state index is 14.2. The van der Waals surface area contributed by atoms with Crippen LogP contribution < -0.4 is 9.42 Å². The molecule has 0 radical (unpaired) electrons. The van der Waals surface area contributed by atoms with Crippen molar-refractivity contribution in [3.8, 4) is 28.4 Å². The Hall–Kier alpha value is -4.99. The van der Waals surface area contributed by atoms with Crippen LogP contribution in [0, 0.1) is 11.6 Å². The van der Waals surface area contributed by atoms with E-state index in [0.29, 0.717) is 41.4 Å². The minimum Gasteiger partial charge on any atom is -0.487 e. The van der Waals surface area contributed by atoms with Gasteiger partial charge in [0.15, 0.2) is 11.6 Å². The minimum absolute atomic E-state index is 0.0530. The Morgan fingerprint density at radius 1 is 1.00 bits per heavy atom. The molecule has 0 bridgehead atoms. The van der Waals surface area contributed by atoms with E-state index < -0.39 is 11.6 Å². The molecule has 0 aliphatic rings. The Kier molecular flexibility index (Phi) is 5.81. The summed E-state index contributed by atoms with van der Waals surface area (Å²) in [4.78, 5) is 11.4. The lowest BCUT2D eigenvalue weighted by atomic mass is 10.1. The van der Waals surface area contributed by atoms with Crippen LogP contribution in [0.15, 0.2) is 90.0 Å². The third-order valence-corrected chi connectivity index (χ3v) is 5.74. The SMILES string of the molecule is Fc1cccc(-c2nc3cn[n+](Cc4cc(-c5ccc(COc6cccnc6)cc5)no4)cc3[nH]2)c1F. The lowest BCUT2D eigenvalue weighted by Gasteiger charge is -2.05. The number of H-pyrrole nitrogens is 1. The highest BCUT2D eigenvalue weighted by Crippen LogP contribution is 2.24. The van der Waals surface area contributed by atoms with Gasteiger partial charge in [-0.05, 0) is 34.9 Å². The van der Waals surface area contributed by atoms with Crippen molar-refractivity contribution in [2.45, 2.75) is 13.2 Å². The number of hydrogen-bond acceptors (Lipinski definition) is 6. The van der Waals surface area contributed by atoms with E-state index in [9.17, 15) is 8.78 Å². The summed E-state index contributed by atoms with van der Waals surface area (Å²) in [5, 5.41) is 8.53. The Morgan fingerprint density at radius 3 is 2.73 bits per heavy atom. The smallest absolute Gasteiger partial charge is 0.234 e. The van der Waals surface area contributed by atoms with Gasteiger partial charge in [-0.15, -0.1) is 0 Å². The molecule has 0 spiro atoms. The molecular weight excluding hydrogens is 478 g/mol. The average Bonchev–Trinajstić information content (AvgIpc) is 3.57. The molecule has 2 aromatic carbocycles. The number of benzene rings is 2. The van der Waals surface area contributed by atoms with Crippen LogP contribution in [0.25, 0.3) is 33.7 Å². The number of fused-ring (bicyclic) bond motifs is 1. The second kappa shape index (κ2) is 9.57.